The van der Waals surface area contributed by atoms with Gasteiger partial charge in [-0.3, -0.25) is 5.10 Å². The third-order valence-corrected chi connectivity index (χ3v) is 3.74. The number of hydrogen-bond acceptors (Lipinski definition) is 7. The summed E-state index contributed by atoms with van der Waals surface area (Å²) < 4.78 is 26.5. The zero-order chi connectivity index (χ0) is 13.7. The van der Waals surface area contributed by atoms with Crippen LogP contribution in [0, 0.1) is 0 Å². The molecule has 10 nitrogen and oxygen atoms in total. The van der Waals surface area contributed by atoms with Crippen LogP contribution in [-0.2, 0) is 23.1 Å². The summed E-state index contributed by atoms with van der Waals surface area (Å²) in [6.07, 6.45) is 1.48. The van der Waals surface area contributed by atoms with E-state index in [1.54, 1.807) is 0 Å². The fraction of sp³-hybridized carbons (Fsp3) is 0.500. The van der Waals surface area contributed by atoms with Crippen molar-refractivity contribution in [2.75, 3.05) is 6.54 Å². The second-order valence-electron chi connectivity index (χ2n) is 3.66. The van der Waals surface area contributed by atoms with E-state index in [9.17, 15) is 8.42 Å². The van der Waals surface area contributed by atoms with Crippen LogP contribution in [0.2, 0.25) is 0 Å². The molecule has 0 spiro atoms. The Morgan fingerprint density at radius 3 is 2.89 bits per heavy atom. The number of tetrazole rings is 1. The van der Waals surface area contributed by atoms with Gasteiger partial charge in [-0.15, -0.1) is 10.2 Å². The van der Waals surface area contributed by atoms with E-state index >= 15 is 0 Å². The minimum atomic E-state index is -3.68. The largest absolute Gasteiger partial charge is 0.313 e. The average molecular weight is 286 g/mol. The molecule has 0 amide bonds. The molecule has 0 bridgehead atoms. The highest BCUT2D eigenvalue weighted by molar-refractivity contribution is 7.89. The number of aromatic nitrogens is 6. The number of nitrogens with one attached hydrogen (secondary N) is 4. The minimum absolute atomic E-state index is 0.0388. The van der Waals surface area contributed by atoms with Gasteiger partial charge in [0, 0.05) is 12.1 Å². The number of H-pyrrole nitrogens is 2. The van der Waals surface area contributed by atoms with Gasteiger partial charge in [0.05, 0.1) is 12.7 Å². The van der Waals surface area contributed by atoms with Gasteiger partial charge in [0.1, 0.15) is 0 Å². The third-order valence-electron chi connectivity index (χ3n) is 2.32. The molecule has 11 heteroatoms. The van der Waals surface area contributed by atoms with Crippen LogP contribution < -0.4 is 10.0 Å². The lowest BCUT2D eigenvalue weighted by molar-refractivity contribution is 0.572. The summed E-state index contributed by atoms with van der Waals surface area (Å²) >= 11 is 0. The molecule has 2 rings (SSSR count). The van der Waals surface area contributed by atoms with Crippen molar-refractivity contribution >= 4 is 10.0 Å². The smallest absolute Gasteiger partial charge is 0.258 e. The van der Waals surface area contributed by atoms with Gasteiger partial charge in [-0.2, -0.15) is 10.3 Å². The van der Waals surface area contributed by atoms with Crippen molar-refractivity contribution in [2.24, 2.45) is 0 Å². The van der Waals surface area contributed by atoms with E-state index in [-0.39, 0.29) is 17.4 Å². The highest BCUT2D eigenvalue weighted by Crippen LogP contribution is 2.11. The summed E-state index contributed by atoms with van der Waals surface area (Å²) in [5.41, 5.74) is 0.572. The van der Waals surface area contributed by atoms with Gasteiger partial charge in [-0.25, -0.2) is 13.1 Å². The molecule has 19 heavy (non-hydrogen) atoms. The van der Waals surface area contributed by atoms with Crippen molar-refractivity contribution in [3.63, 3.8) is 0 Å². The summed E-state index contributed by atoms with van der Waals surface area (Å²) in [4.78, 5) is 0. The fourth-order valence-corrected chi connectivity index (χ4v) is 2.51. The third kappa shape index (κ3) is 3.33. The Kier molecular flexibility index (Phi) is 4.19. The second-order valence-corrected chi connectivity index (χ2v) is 5.36. The second kappa shape index (κ2) is 5.86. The van der Waals surface area contributed by atoms with Gasteiger partial charge in [0.2, 0.25) is 0 Å². The summed E-state index contributed by atoms with van der Waals surface area (Å²) in [5.74, 6) is 0.260. The van der Waals surface area contributed by atoms with Crippen molar-refractivity contribution in [1.29, 1.82) is 0 Å². The number of rotatable bonds is 7. The van der Waals surface area contributed by atoms with Crippen molar-refractivity contribution in [1.82, 2.24) is 40.9 Å². The summed E-state index contributed by atoms with van der Waals surface area (Å²) in [6.45, 7) is 3.05. The van der Waals surface area contributed by atoms with E-state index in [2.05, 4.69) is 40.9 Å². The molecule has 4 N–H and O–H groups in total. The first kappa shape index (κ1) is 13.6. The molecular formula is C8H14N8O2S. The Morgan fingerprint density at radius 2 is 2.21 bits per heavy atom. The van der Waals surface area contributed by atoms with Gasteiger partial charge in [-0.05, 0) is 6.54 Å². The molecule has 0 saturated carbocycles. The predicted molar refractivity (Wildman–Crippen MR) is 64.2 cm³/mol. The van der Waals surface area contributed by atoms with E-state index in [1.807, 2.05) is 6.92 Å². The van der Waals surface area contributed by atoms with Crippen LogP contribution >= 0.6 is 0 Å². The molecular weight excluding hydrogens is 272 g/mol. The normalized spacial score (nSPS) is 11.8. The maximum atomic E-state index is 12.1. The van der Waals surface area contributed by atoms with Gasteiger partial charge in [-0.1, -0.05) is 12.1 Å². The lowest BCUT2D eigenvalue weighted by Gasteiger charge is -2.05. The van der Waals surface area contributed by atoms with Crippen LogP contribution in [0.1, 0.15) is 18.3 Å². The van der Waals surface area contributed by atoms with Crippen LogP contribution in [0.15, 0.2) is 11.2 Å². The van der Waals surface area contributed by atoms with E-state index in [4.69, 9.17) is 0 Å². The highest BCUT2D eigenvalue weighted by Gasteiger charge is 2.20. The molecule has 2 aromatic rings. The van der Waals surface area contributed by atoms with Crippen molar-refractivity contribution in [3.8, 4) is 0 Å². The first-order valence-corrected chi connectivity index (χ1v) is 7.06. The Balaban J connectivity index is 2.08. The molecule has 2 aromatic heterocycles. The molecule has 0 atom stereocenters. The maximum Gasteiger partial charge on any atom is 0.258 e. The SMILES string of the molecule is CCNCc1cn[nH]c1S(=O)(=O)NCc1nn[nH]n1. The Morgan fingerprint density at radius 1 is 1.37 bits per heavy atom. The van der Waals surface area contributed by atoms with E-state index in [1.165, 1.54) is 6.20 Å². The zero-order valence-electron chi connectivity index (χ0n) is 10.2. The summed E-state index contributed by atoms with van der Waals surface area (Å²) in [7, 11) is -3.68. The maximum absolute atomic E-state index is 12.1. The Hall–Kier alpha value is -1.85. The van der Waals surface area contributed by atoms with Gasteiger partial charge < -0.3 is 5.32 Å². The molecule has 104 valence electrons. The van der Waals surface area contributed by atoms with Gasteiger partial charge in [0.25, 0.3) is 10.0 Å². The Bertz CT molecular complexity index is 604. The molecule has 0 fully saturated rings. The van der Waals surface area contributed by atoms with Crippen molar-refractivity contribution in [3.05, 3.63) is 17.6 Å². The number of nitrogens with zero attached hydrogens (tertiary/aromatic N) is 4. The van der Waals surface area contributed by atoms with E-state index in [0.717, 1.165) is 6.54 Å². The number of hydrogen-bond donors (Lipinski definition) is 4. The molecule has 0 aromatic carbocycles. The summed E-state index contributed by atoms with van der Waals surface area (Å²) in [5, 5.41) is 22.2. The molecule has 2 heterocycles. The minimum Gasteiger partial charge on any atom is -0.313 e. The van der Waals surface area contributed by atoms with Gasteiger partial charge >= 0.3 is 0 Å². The molecule has 0 saturated heterocycles. The van der Waals surface area contributed by atoms with Crippen molar-refractivity contribution in [2.45, 2.75) is 25.0 Å². The van der Waals surface area contributed by atoms with Crippen LogP contribution in [0.4, 0.5) is 0 Å². The Labute approximate surface area is 109 Å². The topological polar surface area (TPSA) is 141 Å². The average Bonchev–Trinajstić information content (AvgIpc) is 3.05. The van der Waals surface area contributed by atoms with Crippen molar-refractivity contribution < 1.29 is 8.42 Å². The van der Waals surface area contributed by atoms with E-state index in [0.29, 0.717) is 12.1 Å². The highest BCUT2D eigenvalue weighted by atomic mass is 32.2. The number of sulfonamides is 1. The zero-order valence-corrected chi connectivity index (χ0v) is 11.0. The van der Waals surface area contributed by atoms with Crippen LogP contribution in [-0.4, -0.2) is 45.8 Å². The fourth-order valence-electron chi connectivity index (χ4n) is 1.41. The quantitative estimate of drug-likeness (QED) is 0.486. The molecule has 0 aliphatic heterocycles. The van der Waals surface area contributed by atoms with E-state index < -0.39 is 10.0 Å². The monoisotopic (exact) mass is 286 g/mol. The molecule has 0 aliphatic rings. The first-order valence-electron chi connectivity index (χ1n) is 5.58. The van der Waals surface area contributed by atoms with Crippen LogP contribution in [0.25, 0.3) is 0 Å². The van der Waals surface area contributed by atoms with Crippen LogP contribution in [0.5, 0.6) is 0 Å². The predicted octanol–water partition coefficient (Wildman–Crippen LogP) is -1.49. The van der Waals surface area contributed by atoms with Crippen LogP contribution in [0.3, 0.4) is 0 Å². The lowest BCUT2D eigenvalue weighted by Crippen LogP contribution is -2.26. The van der Waals surface area contributed by atoms with Gasteiger partial charge in [0.15, 0.2) is 10.9 Å². The molecule has 0 radical (unpaired) electrons. The first-order chi connectivity index (χ1) is 9.13. The summed E-state index contributed by atoms with van der Waals surface area (Å²) in [6, 6.07) is 0. The standard InChI is InChI=1S/C8H14N8O2S/c1-2-9-3-6-4-10-14-8(6)19(17,18)11-5-7-12-15-16-13-7/h4,9,11H,2-3,5H2,1H3,(H,10,14)(H,12,13,15,16). The number of aromatic amines is 2. The lowest BCUT2D eigenvalue weighted by atomic mass is 10.3. The molecule has 0 aliphatic carbocycles. The molecule has 0 unspecified atom stereocenters.